The van der Waals surface area contributed by atoms with E-state index in [2.05, 4.69) is 0 Å². The third kappa shape index (κ3) is 1.94. The van der Waals surface area contributed by atoms with Crippen LogP contribution >= 0.6 is 0 Å². The molecule has 4 heteroatoms. The Balaban J connectivity index is 1.97. The van der Waals surface area contributed by atoms with Crippen LogP contribution in [0.4, 0.5) is 5.69 Å². The zero-order valence-electron chi connectivity index (χ0n) is 11.2. The number of carbonyl (C=O) groups is 1. The van der Waals surface area contributed by atoms with Crippen LogP contribution in [0.1, 0.15) is 11.6 Å². The molecule has 0 aliphatic carbocycles. The lowest BCUT2D eigenvalue weighted by molar-refractivity contribution is -0.126. The molecule has 1 aliphatic rings. The van der Waals surface area contributed by atoms with Crippen LogP contribution in [0.3, 0.4) is 0 Å². The molecule has 2 aromatic rings. The molecule has 0 bridgehead atoms. The van der Waals surface area contributed by atoms with E-state index in [4.69, 9.17) is 10.5 Å². The summed E-state index contributed by atoms with van der Waals surface area (Å²) >= 11 is 0. The summed E-state index contributed by atoms with van der Waals surface area (Å²) in [5.41, 5.74) is 7.83. The molecule has 2 N–H and O–H groups in total. The van der Waals surface area contributed by atoms with Gasteiger partial charge in [0, 0.05) is 11.8 Å². The van der Waals surface area contributed by atoms with E-state index in [1.54, 1.807) is 12.0 Å². The number of benzene rings is 2. The number of nitrogens with two attached hydrogens (primary N) is 1. The highest BCUT2D eigenvalue weighted by molar-refractivity contribution is 6.05. The predicted molar refractivity (Wildman–Crippen MR) is 77.6 cm³/mol. The van der Waals surface area contributed by atoms with E-state index in [1.807, 2.05) is 54.6 Å². The molecule has 2 atom stereocenters. The van der Waals surface area contributed by atoms with Crippen LogP contribution in [-0.4, -0.2) is 19.1 Å². The van der Waals surface area contributed by atoms with Gasteiger partial charge in [0.1, 0.15) is 11.8 Å². The summed E-state index contributed by atoms with van der Waals surface area (Å²) in [5.74, 6) is 0.662. The maximum atomic E-state index is 12.1. The van der Waals surface area contributed by atoms with E-state index >= 15 is 0 Å². The summed E-state index contributed by atoms with van der Waals surface area (Å²) in [7, 11) is 1.61. The van der Waals surface area contributed by atoms with Crippen LogP contribution in [0, 0.1) is 0 Å². The summed E-state index contributed by atoms with van der Waals surface area (Å²) in [6, 6.07) is 16.7. The first-order chi connectivity index (χ1) is 9.72. The lowest BCUT2D eigenvalue weighted by Crippen LogP contribution is -2.63. The molecule has 0 aromatic heterocycles. The summed E-state index contributed by atoms with van der Waals surface area (Å²) in [4.78, 5) is 13.8. The van der Waals surface area contributed by atoms with Gasteiger partial charge in [-0.05, 0) is 17.7 Å². The summed E-state index contributed by atoms with van der Waals surface area (Å²) in [6.07, 6.45) is 0. The van der Waals surface area contributed by atoms with Crippen molar-refractivity contribution in [3.05, 3.63) is 60.2 Å². The van der Waals surface area contributed by atoms with Crippen molar-refractivity contribution in [2.75, 3.05) is 12.0 Å². The van der Waals surface area contributed by atoms with Crippen molar-refractivity contribution >= 4 is 11.6 Å². The lowest BCUT2D eigenvalue weighted by Gasteiger charge is -2.45. The maximum absolute atomic E-state index is 12.1. The first-order valence-electron chi connectivity index (χ1n) is 6.50. The highest BCUT2D eigenvalue weighted by atomic mass is 16.5. The fraction of sp³-hybridized carbons (Fsp3) is 0.188. The molecule has 3 rings (SSSR count). The number of carbonyl (C=O) groups excluding carboxylic acids is 1. The Morgan fingerprint density at radius 3 is 2.55 bits per heavy atom. The average Bonchev–Trinajstić information content (AvgIpc) is 2.52. The van der Waals surface area contributed by atoms with Gasteiger partial charge in [0.25, 0.3) is 0 Å². The van der Waals surface area contributed by atoms with Crippen molar-refractivity contribution in [1.29, 1.82) is 0 Å². The number of ether oxygens (including phenoxy) is 1. The molecule has 2 aromatic carbocycles. The molecular weight excluding hydrogens is 252 g/mol. The second kappa shape index (κ2) is 4.98. The molecule has 0 spiro atoms. The van der Waals surface area contributed by atoms with E-state index in [9.17, 15) is 4.79 Å². The average molecular weight is 268 g/mol. The van der Waals surface area contributed by atoms with Gasteiger partial charge in [0.2, 0.25) is 5.91 Å². The van der Waals surface area contributed by atoms with Crippen LogP contribution in [0.2, 0.25) is 0 Å². The van der Waals surface area contributed by atoms with E-state index in [-0.39, 0.29) is 11.9 Å². The molecule has 1 fully saturated rings. The van der Waals surface area contributed by atoms with Gasteiger partial charge < -0.3 is 15.4 Å². The number of hydrogen-bond acceptors (Lipinski definition) is 3. The summed E-state index contributed by atoms with van der Waals surface area (Å²) in [5, 5.41) is 0. The third-order valence-corrected chi connectivity index (χ3v) is 3.61. The van der Waals surface area contributed by atoms with Gasteiger partial charge in [0.15, 0.2) is 0 Å². The second-order valence-electron chi connectivity index (χ2n) is 4.79. The third-order valence-electron chi connectivity index (χ3n) is 3.61. The van der Waals surface area contributed by atoms with Gasteiger partial charge in [-0.2, -0.15) is 0 Å². The van der Waals surface area contributed by atoms with E-state index in [0.717, 1.165) is 17.0 Å². The number of amides is 1. The minimum Gasteiger partial charge on any atom is -0.497 e. The largest absolute Gasteiger partial charge is 0.497 e. The number of hydrogen-bond donors (Lipinski definition) is 1. The van der Waals surface area contributed by atoms with Crippen LogP contribution in [0.15, 0.2) is 54.6 Å². The SMILES string of the molecule is COc1cccc(N2C(=O)C(N)C2c2ccccc2)c1. The lowest BCUT2D eigenvalue weighted by atomic mass is 9.88. The minimum absolute atomic E-state index is 0.0629. The zero-order chi connectivity index (χ0) is 14.1. The molecule has 1 amide bonds. The van der Waals surface area contributed by atoms with Crippen LogP contribution in [-0.2, 0) is 4.79 Å². The Bertz CT molecular complexity index is 627. The molecule has 4 nitrogen and oxygen atoms in total. The Morgan fingerprint density at radius 2 is 1.85 bits per heavy atom. The van der Waals surface area contributed by atoms with Crippen molar-refractivity contribution in [1.82, 2.24) is 0 Å². The fourth-order valence-electron chi connectivity index (χ4n) is 2.57. The molecule has 1 saturated heterocycles. The topological polar surface area (TPSA) is 55.6 Å². The highest BCUT2D eigenvalue weighted by Crippen LogP contribution is 2.38. The predicted octanol–water partition coefficient (Wildman–Crippen LogP) is 2.11. The molecule has 102 valence electrons. The molecule has 2 unspecified atom stereocenters. The van der Waals surface area contributed by atoms with E-state index in [1.165, 1.54) is 0 Å². The quantitative estimate of drug-likeness (QED) is 0.867. The van der Waals surface area contributed by atoms with Crippen LogP contribution in [0.25, 0.3) is 0 Å². The normalized spacial score (nSPS) is 21.5. The Hall–Kier alpha value is -2.33. The number of β-lactam (4-membered cyclic amide) rings is 1. The van der Waals surface area contributed by atoms with Crippen molar-refractivity contribution in [2.45, 2.75) is 12.1 Å². The van der Waals surface area contributed by atoms with E-state index < -0.39 is 6.04 Å². The zero-order valence-corrected chi connectivity index (χ0v) is 11.2. The van der Waals surface area contributed by atoms with Crippen LogP contribution < -0.4 is 15.4 Å². The number of rotatable bonds is 3. The van der Waals surface area contributed by atoms with Gasteiger partial charge in [-0.1, -0.05) is 36.4 Å². The molecular formula is C16H16N2O2. The number of nitrogens with zero attached hydrogens (tertiary/aromatic N) is 1. The van der Waals surface area contributed by atoms with Crippen LogP contribution in [0.5, 0.6) is 5.75 Å². The Morgan fingerprint density at radius 1 is 1.10 bits per heavy atom. The summed E-state index contributed by atoms with van der Waals surface area (Å²) in [6.45, 7) is 0. The van der Waals surface area contributed by atoms with Gasteiger partial charge in [-0.25, -0.2) is 0 Å². The Labute approximate surface area is 117 Å². The number of anilines is 1. The first kappa shape index (κ1) is 12.7. The van der Waals surface area contributed by atoms with Gasteiger partial charge in [-0.3, -0.25) is 4.79 Å². The highest BCUT2D eigenvalue weighted by Gasteiger charge is 2.46. The van der Waals surface area contributed by atoms with Crippen molar-refractivity contribution in [3.8, 4) is 5.75 Å². The van der Waals surface area contributed by atoms with Crippen molar-refractivity contribution in [2.24, 2.45) is 5.73 Å². The minimum atomic E-state index is -0.483. The van der Waals surface area contributed by atoms with Crippen molar-refractivity contribution in [3.63, 3.8) is 0 Å². The molecule has 20 heavy (non-hydrogen) atoms. The van der Waals surface area contributed by atoms with Crippen molar-refractivity contribution < 1.29 is 9.53 Å². The first-order valence-corrected chi connectivity index (χ1v) is 6.50. The van der Waals surface area contributed by atoms with Gasteiger partial charge in [0.05, 0.1) is 13.2 Å². The summed E-state index contributed by atoms with van der Waals surface area (Å²) < 4.78 is 5.21. The second-order valence-corrected chi connectivity index (χ2v) is 4.79. The standard InChI is InChI=1S/C16H16N2O2/c1-20-13-9-5-8-12(10-13)18-15(14(17)16(18)19)11-6-3-2-4-7-11/h2-10,14-15H,17H2,1H3. The molecule has 1 heterocycles. The van der Waals surface area contributed by atoms with E-state index in [0.29, 0.717) is 0 Å². The van der Waals surface area contributed by atoms with Gasteiger partial charge >= 0.3 is 0 Å². The molecule has 0 radical (unpaired) electrons. The smallest absolute Gasteiger partial charge is 0.247 e. The maximum Gasteiger partial charge on any atom is 0.247 e. The van der Waals surface area contributed by atoms with Gasteiger partial charge in [-0.15, -0.1) is 0 Å². The number of methoxy groups -OCH3 is 1. The fourth-order valence-corrected chi connectivity index (χ4v) is 2.57. The Kier molecular flexibility index (Phi) is 3.16. The molecule has 1 aliphatic heterocycles. The molecule has 0 saturated carbocycles. The monoisotopic (exact) mass is 268 g/mol.